The number of nitrogen functional groups attached to an aromatic ring is 1. The van der Waals surface area contributed by atoms with Crippen molar-refractivity contribution in [3.05, 3.63) is 59.4 Å². The van der Waals surface area contributed by atoms with Crippen LogP contribution in [0.1, 0.15) is 24.5 Å². The van der Waals surface area contributed by atoms with Gasteiger partial charge in [0.1, 0.15) is 18.2 Å². The van der Waals surface area contributed by atoms with Gasteiger partial charge in [0, 0.05) is 0 Å². The van der Waals surface area contributed by atoms with Crippen molar-refractivity contribution < 1.29 is 9.13 Å². The zero-order chi connectivity index (χ0) is 15.8. The lowest BCUT2D eigenvalue weighted by Gasteiger charge is -2.11. The summed E-state index contributed by atoms with van der Waals surface area (Å²) < 4.78 is 18.8. The third kappa shape index (κ3) is 5.04. The van der Waals surface area contributed by atoms with Gasteiger partial charge in [0.25, 0.3) is 0 Å². The Balaban J connectivity index is 1.89. The third-order valence-corrected chi connectivity index (χ3v) is 3.43. The monoisotopic (exact) mass is 302 g/mol. The molecule has 0 saturated heterocycles. The molecule has 4 heteroatoms. The van der Waals surface area contributed by atoms with Crippen molar-refractivity contribution in [3.8, 4) is 5.75 Å². The van der Waals surface area contributed by atoms with Crippen molar-refractivity contribution in [1.82, 2.24) is 5.32 Å². The summed E-state index contributed by atoms with van der Waals surface area (Å²) in [4.78, 5) is 0. The fourth-order valence-electron chi connectivity index (χ4n) is 2.27. The highest BCUT2D eigenvalue weighted by Crippen LogP contribution is 2.24. The van der Waals surface area contributed by atoms with Gasteiger partial charge in [-0.3, -0.25) is 0 Å². The van der Waals surface area contributed by atoms with E-state index in [1.807, 2.05) is 24.3 Å². The maximum absolute atomic E-state index is 13.1. The van der Waals surface area contributed by atoms with Gasteiger partial charge in [-0.05, 0) is 61.3 Å². The van der Waals surface area contributed by atoms with Gasteiger partial charge in [0.15, 0.2) is 0 Å². The fraction of sp³-hybridized carbons (Fsp3) is 0.333. The lowest BCUT2D eigenvalue weighted by Crippen LogP contribution is -2.14. The van der Waals surface area contributed by atoms with Crippen molar-refractivity contribution in [1.29, 1.82) is 0 Å². The third-order valence-electron chi connectivity index (χ3n) is 3.43. The van der Waals surface area contributed by atoms with Gasteiger partial charge < -0.3 is 15.8 Å². The van der Waals surface area contributed by atoms with Gasteiger partial charge in [0.2, 0.25) is 0 Å². The molecule has 0 aliphatic carbocycles. The minimum absolute atomic E-state index is 0.259. The molecule has 0 aliphatic heterocycles. The molecule has 3 nitrogen and oxygen atoms in total. The number of hydrogen-bond donors (Lipinski definition) is 2. The summed E-state index contributed by atoms with van der Waals surface area (Å²) in [6, 6.07) is 12.2. The molecule has 0 atom stereocenters. The molecule has 0 radical (unpaired) electrons. The molecular weight excluding hydrogens is 279 g/mol. The first-order chi connectivity index (χ1) is 10.7. The highest BCUT2D eigenvalue weighted by molar-refractivity contribution is 5.54. The van der Waals surface area contributed by atoms with Crippen LogP contribution in [0, 0.1) is 5.82 Å². The molecule has 3 N–H and O–H groups in total. The van der Waals surface area contributed by atoms with Crippen LogP contribution in [0.15, 0.2) is 42.5 Å². The Labute approximate surface area is 131 Å². The Hall–Kier alpha value is -2.07. The standard InChI is InChI=1S/C18H23FN2O/c1-2-21-10-4-6-14-8-9-18(17(20)12-14)22-13-15-5-3-7-16(19)11-15/h3,5,7-9,11-12,21H,2,4,6,10,13,20H2,1H3. The van der Waals surface area contributed by atoms with E-state index in [-0.39, 0.29) is 5.82 Å². The summed E-state index contributed by atoms with van der Waals surface area (Å²) in [5, 5.41) is 3.30. The van der Waals surface area contributed by atoms with Gasteiger partial charge in [-0.1, -0.05) is 25.1 Å². The van der Waals surface area contributed by atoms with Gasteiger partial charge in [-0.25, -0.2) is 4.39 Å². The number of benzene rings is 2. The topological polar surface area (TPSA) is 47.3 Å². The van der Waals surface area contributed by atoms with Gasteiger partial charge in [-0.2, -0.15) is 0 Å². The first-order valence-corrected chi connectivity index (χ1v) is 7.65. The molecule has 2 rings (SSSR count). The van der Waals surface area contributed by atoms with Crippen LogP contribution in [0.4, 0.5) is 10.1 Å². The lowest BCUT2D eigenvalue weighted by atomic mass is 10.1. The summed E-state index contributed by atoms with van der Waals surface area (Å²) >= 11 is 0. The number of nitrogens with two attached hydrogens (primary N) is 1. The predicted octanol–water partition coefficient (Wildman–Crippen LogP) is 3.53. The van der Waals surface area contributed by atoms with Crippen molar-refractivity contribution in [2.45, 2.75) is 26.4 Å². The second kappa shape index (κ2) is 8.39. The van der Waals surface area contributed by atoms with Crippen molar-refractivity contribution in [2.75, 3.05) is 18.8 Å². The molecule has 2 aromatic rings. The number of anilines is 1. The van der Waals surface area contributed by atoms with E-state index in [0.29, 0.717) is 18.0 Å². The molecule has 118 valence electrons. The van der Waals surface area contributed by atoms with Crippen molar-refractivity contribution in [3.63, 3.8) is 0 Å². The number of ether oxygens (including phenoxy) is 1. The van der Waals surface area contributed by atoms with Crippen LogP contribution >= 0.6 is 0 Å². The molecule has 0 bridgehead atoms. The molecule has 0 aromatic heterocycles. The Bertz CT molecular complexity index is 601. The maximum atomic E-state index is 13.1. The molecule has 22 heavy (non-hydrogen) atoms. The minimum atomic E-state index is -0.259. The maximum Gasteiger partial charge on any atom is 0.142 e. The zero-order valence-corrected chi connectivity index (χ0v) is 12.9. The molecule has 0 heterocycles. The summed E-state index contributed by atoms with van der Waals surface area (Å²) in [7, 11) is 0. The molecule has 0 aliphatic rings. The number of nitrogens with one attached hydrogen (secondary N) is 1. The SMILES string of the molecule is CCNCCCc1ccc(OCc2cccc(F)c2)c(N)c1. The first-order valence-electron chi connectivity index (χ1n) is 7.65. The van der Waals surface area contributed by atoms with Gasteiger partial charge in [-0.15, -0.1) is 0 Å². The smallest absolute Gasteiger partial charge is 0.142 e. The Kier molecular flexibility index (Phi) is 6.22. The highest BCUT2D eigenvalue weighted by Gasteiger charge is 2.03. The van der Waals surface area contributed by atoms with Crippen LogP contribution in [-0.2, 0) is 13.0 Å². The van der Waals surface area contributed by atoms with E-state index in [9.17, 15) is 4.39 Å². The summed E-state index contributed by atoms with van der Waals surface area (Å²) in [5.74, 6) is 0.379. The largest absolute Gasteiger partial charge is 0.487 e. The number of aryl methyl sites for hydroxylation is 1. The fourth-order valence-corrected chi connectivity index (χ4v) is 2.27. The normalized spacial score (nSPS) is 10.6. The van der Waals surface area contributed by atoms with E-state index in [1.165, 1.54) is 17.7 Å². The van der Waals surface area contributed by atoms with Crippen LogP contribution in [-0.4, -0.2) is 13.1 Å². The average molecular weight is 302 g/mol. The van der Waals surface area contributed by atoms with E-state index in [1.54, 1.807) is 6.07 Å². The summed E-state index contributed by atoms with van der Waals surface area (Å²) in [5.41, 5.74) is 8.64. The molecular formula is C18H23FN2O. The van der Waals surface area contributed by atoms with Crippen LogP contribution in [0.5, 0.6) is 5.75 Å². The van der Waals surface area contributed by atoms with Gasteiger partial charge in [0.05, 0.1) is 5.69 Å². The molecule has 2 aromatic carbocycles. The van der Waals surface area contributed by atoms with Crippen molar-refractivity contribution in [2.24, 2.45) is 0 Å². The molecule has 0 spiro atoms. The Morgan fingerprint density at radius 3 is 2.73 bits per heavy atom. The first kappa shape index (κ1) is 16.3. The van der Waals surface area contributed by atoms with Crippen molar-refractivity contribution >= 4 is 5.69 Å². The quantitative estimate of drug-likeness (QED) is 0.579. The van der Waals surface area contributed by atoms with Gasteiger partial charge >= 0.3 is 0 Å². The zero-order valence-electron chi connectivity index (χ0n) is 12.9. The lowest BCUT2D eigenvalue weighted by molar-refractivity contribution is 0.307. The average Bonchev–Trinajstić information content (AvgIpc) is 2.51. The van der Waals surface area contributed by atoms with Crippen LogP contribution in [0.2, 0.25) is 0 Å². The van der Waals surface area contributed by atoms with E-state index in [4.69, 9.17) is 10.5 Å². The van der Waals surface area contributed by atoms with E-state index < -0.39 is 0 Å². The number of hydrogen-bond acceptors (Lipinski definition) is 3. The van der Waals surface area contributed by atoms with Crippen LogP contribution in [0.25, 0.3) is 0 Å². The second-order valence-electron chi connectivity index (χ2n) is 5.25. The van der Waals surface area contributed by atoms with Crippen LogP contribution < -0.4 is 15.8 Å². The van der Waals surface area contributed by atoms with E-state index in [0.717, 1.165) is 31.5 Å². The predicted molar refractivity (Wildman–Crippen MR) is 88.5 cm³/mol. The number of halogens is 1. The minimum Gasteiger partial charge on any atom is -0.487 e. The number of rotatable bonds is 8. The summed E-state index contributed by atoms with van der Waals surface area (Å²) in [6.07, 6.45) is 2.07. The highest BCUT2D eigenvalue weighted by atomic mass is 19.1. The molecule has 0 saturated carbocycles. The van der Waals surface area contributed by atoms with E-state index >= 15 is 0 Å². The molecule has 0 fully saturated rings. The summed E-state index contributed by atoms with van der Waals surface area (Å²) in [6.45, 7) is 4.41. The van der Waals surface area contributed by atoms with Crippen LogP contribution in [0.3, 0.4) is 0 Å². The molecule has 0 unspecified atom stereocenters. The Morgan fingerprint density at radius 1 is 1.14 bits per heavy atom. The Morgan fingerprint density at radius 2 is 2.00 bits per heavy atom. The van der Waals surface area contributed by atoms with E-state index in [2.05, 4.69) is 12.2 Å². The second-order valence-corrected chi connectivity index (χ2v) is 5.25. The molecule has 0 amide bonds.